The fourth-order valence-corrected chi connectivity index (χ4v) is 3.58. The number of likely N-dealkylation sites (N-methyl/N-ethyl adjacent to an activating group) is 1. The van der Waals surface area contributed by atoms with Gasteiger partial charge in [-0.15, -0.1) is 11.3 Å². The Balaban J connectivity index is 1.82. The number of rotatable bonds is 5. The SMILES string of the molecule is CCNC(=O)CNC(=O)C[NH+]1CCc2sccc2[C@H]1C. The van der Waals surface area contributed by atoms with Crippen molar-refractivity contribution in [2.75, 3.05) is 26.2 Å². The van der Waals surface area contributed by atoms with Crippen LogP contribution < -0.4 is 15.5 Å². The molecule has 6 heteroatoms. The second kappa shape index (κ2) is 6.85. The molecule has 1 unspecified atom stereocenters. The van der Waals surface area contributed by atoms with Crippen molar-refractivity contribution < 1.29 is 14.5 Å². The fraction of sp³-hybridized carbons (Fsp3) is 0.571. The van der Waals surface area contributed by atoms with E-state index >= 15 is 0 Å². The Hall–Kier alpha value is -1.40. The molecule has 0 radical (unpaired) electrons. The number of thiophene rings is 1. The highest BCUT2D eigenvalue weighted by atomic mass is 32.1. The smallest absolute Gasteiger partial charge is 0.275 e. The molecule has 2 rings (SSSR count). The van der Waals surface area contributed by atoms with Gasteiger partial charge in [-0.2, -0.15) is 0 Å². The largest absolute Gasteiger partial charge is 0.355 e. The predicted molar refractivity (Wildman–Crippen MR) is 78.8 cm³/mol. The highest BCUT2D eigenvalue weighted by Crippen LogP contribution is 2.24. The maximum Gasteiger partial charge on any atom is 0.275 e. The van der Waals surface area contributed by atoms with E-state index in [-0.39, 0.29) is 18.4 Å². The van der Waals surface area contributed by atoms with Crippen LogP contribution in [0.5, 0.6) is 0 Å². The third-order valence-corrected chi connectivity index (χ3v) is 4.74. The Morgan fingerprint density at radius 2 is 2.20 bits per heavy atom. The Labute approximate surface area is 123 Å². The minimum atomic E-state index is -0.136. The molecule has 1 aliphatic heterocycles. The quantitative estimate of drug-likeness (QED) is 0.686. The average molecular weight is 296 g/mol. The Morgan fingerprint density at radius 1 is 1.40 bits per heavy atom. The molecule has 0 spiro atoms. The van der Waals surface area contributed by atoms with E-state index in [9.17, 15) is 9.59 Å². The summed E-state index contributed by atoms with van der Waals surface area (Å²) in [5.74, 6) is -0.195. The summed E-state index contributed by atoms with van der Waals surface area (Å²) in [5.41, 5.74) is 1.37. The first-order chi connectivity index (χ1) is 9.61. The number of carbonyl (C=O) groups is 2. The molecule has 0 saturated heterocycles. The van der Waals surface area contributed by atoms with Gasteiger partial charge >= 0.3 is 0 Å². The normalized spacial score (nSPS) is 21.1. The fourth-order valence-electron chi connectivity index (χ4n) is 2.60. The van der Waals surface area contributed by atoms with Crippen molar-refractivity contribution in [2.24, 2.45) is 0 Å². The lowest BCUT2D eigenvalue weighted by Gasteiger charge is -2.29. The number of carbonyl (C=O) groups excluding carboxylic acids is 2. The van der Waals surface area contributed by atoms with E-state index in [2.05, 4.69) is 29.0 Å². The molecule has 20 heavy (non-hydrogen) atoms. The Morgan fingerprint density at radius 3 is 2.95 bits per heavy atom. The van der Waals surface area contributed by atoms with Crippen LogP contribution in [0.3, 0.4) is 0 Å². The molecule has 0 aliphatic carbocycles. The highest BCUT2D eigenvalue weighted by Gasteiger charge is 2.29. The van der Waals surface area contributed by atoms with Gasteiger partial charge in [0.2, 0.25) is 5.91 Å². The van der Waals surface area contributed by atoms with Crippen molar-refractivity contribution in [1.29, 1.82) is 0 Å². The Kier molecular flexibility index (Phi) is 5.14. The Bertz CT molecular complexity index is 487. The summed E-state index contributed by atoms with van der Waals surface area (Å²) in [6, 6.07) is 2.51. The molecule has 5 nitrogen and oxygen atoms in total. The zero-order valence-corrected chi connectivity index (χ0v) is 12.8. The van der Waals surface area contributed by atoms with Gasteiger partial charge < -0.3 is 15.5 Å². The predicted octanol–water partition coefficient (Wildman–Crippen LogP) is -0.498. The van der Waals surface area contributed by atoms with Crippen LogP contribution in [0, 0.1) is 0 Å². The monoisotopic (exact) mass is 296 g/mol. The van der Waals surface area contributed by atoms with E-state index in [1.165, 1.54) is 15.3 Å². The summed E-state index contributed by atoms with van der Waals surface area (Å²) >= 11 is 1.80. The third kappa shape index (κ3) is 3.58. The summed E-state index contributed by atoms with van der Waals surface area (Å²) < 4.78 is 0. The number of hydrogen-bond acceptors (Lipinski definition) is 3. The van der Waals surface area contributed by atoms with Gasteiger partial charge in [0.15, 0.2) is 6.54 Å². The van der Waals surface area contributed by atoms with E-state index in [1.807, 2.05) is 6.92 Å². The zero-order valence-electron chi connectivity index (χ0n) is 12.0. The molecular formula is C14H22N3O2S+. The van der Waals surface area contributed by atoms with Crippen molar-refractivity contribution in [3.8, 4) is 0 Å². The van der Waals surface area contributed by atoms with E-state index in [4.69, 9.17) is 0 Å². The highest BCUT2D eigenvalue weighted by molar-refractivity contribution is 7.10. The van der Waals surface area contributed by atoms with Gasteiger partial charge in [-0.25, -0.2) is 0 Å². The molecule has 0 bridgehead atoms. The van der Waals surface area contributed by atoms with Crippen molar-refractivity contribution in [2.45, 2.75) is 26.3 Å². The molecule has 1 aromatic rings. The van der Waals surface area contributed by atoms with Crippen LogP contribution in [-0.2, 0) is 16.0 Å². The van der Waals surface area contributed by atoms with Crippen molar-refractivity contribution in [3.63, 3.8) is 0 Å². The van der Waals surface area contributed by atoms with Crippen LogP contribution in [-0.4, -0.2) is 38.0 Å². The molecular weight excluding hydrogens is 274 g/mol. The summed E-state index contributed by atoms with van der Waals surface area (Å²) in [6.07, 6.45) is 1.04. The number of fused-ring (bicyclic) bond motifs is 1. The molecule has 1 aliphatic rings. The van der Waals surface area contributed by atoms with Crippen molar-refractivity contribution in [3.05, 3.63) is 21.9 Å². The standard InChI is InChI=1S/C14H21N3O2S/c1-3-15-13(18)8-16-14(19)9-17-6-4-12-11(10(17)2)5-7-20-12/h5,7,10H,3-4,6,8-9H2,1-2H3,(H,15,18)(H,16,19)/p+1/t10-/m1/s1. The molecule has 2 heterocycles. The van der Waals surface area contributed by atoms with Crippen LogP contribution in [0.25, 0.3) is 0 Å². The minimum absolute atomic E-state index is 0.0585. The van der Waals surface area contributed by atoms with Gasteiger partial charge in [-0.3, -0.25) is 9.59 Å². The maximum atomic E-state index is 11.9. The number of nitrogens with one attached hydrogen (secondary N) is 3. The summed E-state index contributed by atoms with van der Waals surface area (Å²) in [7, 11) is 0. The van der Waals surface area contributed by atoms with Crippen molar-refractivity contribution >= 4 is 23.2 Å². The zero-order chi connectivity index (χ0) is 14.5. The van der Waals surface area contributed by atoms with E-state index in [1.54, 1.807) is 11.3 Å². The molecule has 2 amide bonds. The van der Waals surface area contributed by atoms with Crippen molar-refractivity contribution in [1.82, 2.24) is 10.6 Å². The van der Waals surface area contributed by atoms with Crippen LogP contribution in [0.4, 0.5) is 0 Å². The first-order valence-corrected chi connectivity index (χ1v) is 7.94. The lowest BCUT2D eigenvalue weighted by molar-refractivity contribution is -0.924. The average Bonchev–Trinajstić information content (AvgIpc) is 2.89. The molecule has 110 valence electrons. The molecule has 3 N–H and O–H groups in total. The second-order valence-corrected chi connectivity index (χ2v) is 6.09. The van der Waals surface area contributed by atoms with E-state index in [0.29, 0.717) is 19.1 Å². The maximum absolute atomic E-state index is 11.9. The van der Waals surface area contributed by atoms with E-state index in [0.717, 1.165) is 13.0 Å². The van der Waals surface area contributed by atoms with Gasteiger partial charge in [0.25, 0.3) is 5.91 Å². The lowest BCUT2D eigenvalue weighted by Crippen LogP contribution is -3.14. The first kappa shape index (κ1) is 15.0. The van der Waals surface area contributed by atoms with Gasteiger partial charge in [0, 0.05) is 23.4 Å². The number of amides is 2. The number of quaternary nitrogens is 1. The van der Waals surface area contributed by atoms with Gasteiger partial charge in [0.05, 0.1) is 13.1 Å². The molecule has 0 aromatic carbocycles. The second-order valence-electron chi connectivity index (χ2n) is 5.09. The van der Waals surface area contributed by atoms with Gasteiger partial charge in [0.1, 0.15) is 6.04 Å². The summed E-state index contributed by atoms with van der Waals surface area (Å²) in [6.45, 7) is 6.08. The van der Waals surface area contributed by atoms with Crippen LogP contribution in [0.2, 0.25) is 0 Å². The summed E-state index contributed by atoms with van der Waals surface area (Å²) in [5, 5.41) is 7.47. The lowest BCUT2D eigenvalue weighted by atomic mass is 10.0. The van der Waals surface area contributed by atoms with Gasteiger partial charge in [-0.05, 0) is 25.3 Å². The first-order valence-electron chi connectivity index (χ1n) is 7.06. The van der Waals surface area contributed by atoms with Crippen LogP contribution >= 0.6 is 11.3 Å². The topological polar surface area (TPSA) is 62.6 Å². The molecule has 1 aromatic heterocycles. The minimum Gasteiger partial charge on any atom is -0.355 e. The number of hydrogen-bond donors (Lipinski definition) is 3. The van der Waals surface area contributed by atoms with E-state index < -0.39 is 0 Å². The molecule has 2 atom stereocenters. The third-order valence-electron chi connectivity index (χ3n) is 3.74. The van der Waals surface area contributed by atoms with Crippen LogP contribution in [0.1, 0.15) is 30.3 Å². The molecule has 0 fully saturated rings. The molecule has 0 saturated carbocycles. The summed E-state index contributed by atoms with van der Waals surface area (Å²) in [4.78, 5) is 25.9. The van der Waals surface area contributed by atoms with Crippen LogP contribution in [0.15, 0.2) is 11.4 Å². The van der Waals surface area contributed by atoms with Gasteiger partial charge in [-0.1, -0.05) is 0 Å².